The molecule has 1 fully saturated rings. The van der Waals surface area contributed by atoms with Crippen LogP contribution in [0, 0.1) is 5.92 Å². The lowest BCUT2D eigenvalue weighted by atomic mass is 10.1. The Morgan fingerprint density at radius 1 is 1.28 bits per heavy atom. The van der Waals surface area contributed by atoms with Crippen molar-refractivity contribution in [1.82, 2.24) is 5.32 Å². The number of nitrogens with one attached hydrogen (secondary N) is 1. The van der Waals surface area contributed by atoms with Gasteiger partial charge in [0.15, 0.2) is 6.61 Å². The average Bonchev–Trinajstić information content (AvgIpc) is 2.92. The van der Waals surface area contributed by atoms with Crippen LogP contribution in [0.4, 0.5) is 5.69 Å². The highest BCUT2D eigenvalue weighted by molar-refractivity contribution is 6.00. The Kier molecular flexibility index (Phi) is 5.82. The molecule has 1 heterocycles. The molecule has 2 rings (SSSR count). The molecule has 0 radical (unpaired) electrons. The summed E-state index contributed by atoms with van der Waals surface area (Å²) in [6.45, 7) is 7.54. The summed E-state index contributed by atoms with van der Waals surface area (Å²) in [6.07, 6.45) is 0.916. The summed E-state index contributed by atoms with van der Waals surface area (Å²) in [6, 6.07) is 7.68. The smallest absolute Gasteiger partial charge is 0.311 e. The van der Waals surface area contributed by atoms with Gasteiger partial charge in [-0.25, -0.2) is 0 Å². The van der Waals surface area contributed by atoms with E-state index in [2.05, 4.69) is 5.32 Å². The van der Waals surface area contributed by atoms with E-state index in [-0.39, 0.29) is 36.9 Å². The van der Waals surface area contributed by atoms with Crippen LogP contribution in [0.1, 0.15) is 39.7 Å². The predicted octanol–water partition coefficient (Wildman–Crippen LogP) is 2.06. The number of hydrogen-bond acceptors (Lipinski definition) is 4. The molecule has 0 bridgehead atoms. The Bertz CT molecular complexity index is 664. The van der Waals surface area contributed by atoms with Gasteiger partial charge in [-0.3, -0.25) is 14.4 Å². The first-order chi connectivity index (χ1) is 11.7. The SMILES string of the molecule is CCc1ccccc1N1C[C@@H](C(=O)OCC(=O)NC(C)(C)C)CC1=O. The molecule has 136 valence electrons. The van der Waals surface area contributed by atoms with E-state index in [1.165, 1.54) is 0 Å². The van der Waals surface area contributed by atoms with Gasteiger partial charge < -0.3 is 15.0 Å². The molecule has 6 nitrogen and oxygen atoms in total. The summed E-state index contributed by atoms with van der Waals surface area (Å²) in [5, 5.41) is 2.73. The molecule has 25 heavy (non-hydrogen) atoms. The zero-order chi connectivity index (χ0) is 18.6. The van der Waals surface area contributed by atoms with Crippen molar-refractivity contribution in [2.45, 2.75) is 46.1 Å². The molecule has 2 amide bonds. The van der Waals surface area contributed by atoms with E-state index in [9.17, 15) is 14.4 Å². The van der Waals surface area contributed by atoms with Crippen molar-refractivity contribution in [2.24, 2.45) is 5.92 Å². The maximum Gasteiger partial charge on any atom is 0.311 e. The normalized spacial score (nSPS) is 17.5. The third-order valence-electron chi connectivity index (χ3n) is 3.98. The average molecular weight is 346 g/mol. The molecular weight excluding hydrogens is 320 g/mol. The number of nitrogens with zero attached hydrogens (tertiary/aromatic N) is 1. The van der Waals surface area contributed by atoms with Gasteiger partial charge in [-0.2, -0.15) is 0 Å². The summed E-state index contributed by atoms with van der Waals surface area (Å²) < 4.78 is 5.09. The van der Waals surface area contributed by atoms with Crippen LogP contribution < -0.4 is 10.2 Å². The number of hydrogen-bond donors (Lipinski definition) is 1. The Morgan fingerprint density at radius 3 is 2.60 bits per heavy atom. The molecule has 0 unspecified atom stereocenters. The minimum atomic E-state index is -0.542. The molecule has 1 aromatic rings. The molecule has 1 N–H and O–H groups in total. The lowest BCUT2D eigenvalue weighted by molar-refractivity contribution is -0.152. The number of esters is 1. The highest BCUT2D eigenvalue weighted by Gasteiger charge is 2.37. The largest absolute Gasteiger partial charge is 0.455 e. The fourth-order valence-corrected chi connectivity index (χ4v) is 2.88. The first-order valence-corrected chi connectivity index (χ1v) is 8.57. The molecule has 1 saturated heterocycles. The van der Waals surface area contributed by atoms with Crippen LogP contribution in [-0.4, -0.2) is 36.5 Å². The zero-order valence-electron chi connectivity index (χ0n) is 15.3. The van der Waals surface area contributed by atoms with Crippen LogP contribution in [0.5, 0.6) is 0 Å². The Hall–Kier alpha value is -2.37. The molecule has 6 heteroatoms. The van der Waals surface area contributed by atoms with Crippen molar-refractivity contribution in [2.75, 3.05) is 18.1 Å². The molecule has 0 spiro atoms. The summed E-state index contributed by atoms with van der Waals surface area (Å²) in [5.74, 6) is -1.49. The van der Waals surface area contributed by atoms with Crippen LogP contribution in [-0.2, 0) is 25.5 Å². The Morgan fingerprint density at radius 2 is 1.96 bits per heavy atom. The van der Waals surface area contributed by atoms with Crippen LogP contribution in [0.15, 0.2) is 24.3 Å². The van der Waals surface area contributed by atoms with Crippen LogP contribution in [0.25, 0.3) is 0 Å². The van der Waals surface area contributed by atoms with Gasteiger partial charge in [0.05, 0.1) is 5.92 Å². The number of para-hydroxylation sites is 1. The van der Waals surface area contributed by atoms with Gasteiger partial charge in [0, 0.05) is 24.2 Å². The van der Waals surface area contributed by atoms with Crippen molar-refractivity contribution in [3.63, 3.8) is 0 Å². The Labute approximate surface area is 148 Å². The summed E-state index contributed by atoms with van der Waals surface area (Å²) in [5.41, 5.74) is 1.53. The highest BCUT2D eigenvalue weighted by Crippen LogP contribution is 2.29. The van der Waals surface area contributed by atoms with Crippen molar-refractivity contribution in [3.05, 3.63) is 29.8 Å². The molecule has 0 aromatic heterocycles. The molecule has 1 aliphatic heterocycles. The summed E-state index contributed by atoms with van der Waals surface area (Å²) in [4.78, 5) is 37.9. The van der Waals surface area contributed by atoms with Crippen molar-refractivity contribution in [1.29, 1.82) is 0 Å². The van der Waals surface area contributed by atoms with Crippen LogP contribution >= 0.6 is 0 Å². The van der Waals surface area contributed by atoms with Crippen molar-refractivity contribution < 1.29 is 19.1 Å². The second kappa shape index (κ2) is 7.68. The van der Waals surface area contributed by atoms with Gasteiger partial charge in [0.2, 0.25) is 5.91 Å². The standard InChI is InChI=1S/C19H26N2O4/c1-5-13-8-6-7-9-15(13)21-11-14(10-17(21)23)18(24)25-12-16(22)20-19(2,3)4/h6-9,14H,5,10-12H2,1-4H3,(H,20,22)/t14-/m0/s1. The van der Waals surface area contributed by atoms with E-state index in [1.54, 1.807) is 4.90 Å². The third-order valence-corrected chi connectivity index (χ3v) is 3.98. The second-order valence-electron chi connectivity index (χ2n) is 7.29. The quantitative estimate of drug-likeness (QED) is 0.828. The second-order valence-corrected chi connectivity index (χ2v) is 7.29. The summed E-state index contributed by atoms with van der Waals surface area (Å²) in [7, 11) is 0. The number of anilines is 1. The first kappa shape index (κ1) is 19.0. The Balaban J connectivity index is 1.95. The monoisotopic (exact) mass is 346 g/mol. The van der Waals surface area contributed by atoms with E-state index in [1.807, 2.05) is 52.0 Å². The highest BCUT2D eigenvalue weighted by atomic mass is 16.5. The number of carbonyl (C=O) groups excluding carboxylic acids is 3. The molecule has 1 atom stereocenters. The fraction of sp³-hybridized carbons (Fsp3) is 0.526. The van der Waals surface area contributed by atoms with E-state index in [0.29, 0.717) is 0 Å². The maximum atomic E-state index is 12.3. The number of aryl methyl sites for hydroxylation is 1. The van der Waals surface area contributed by atoms with E-state index >= 15 is 0 Å². The van der Waals surface area contributed by atoms with E-state index in [0.717, 1.165) is 17.7 Å². The van der Waals surface area contributed by atoms with Crippen LogP contribution in [0.3, 0.4) is 0 Å². The number of amides is 2. The first-order valence-electron chi connectivity index (χ1n) is 8.57. The molecular formula is C19H26N2O4. The zero-order valence-corrected chi connectivity index (χ0v) is 15.3. The third kappa shape index (κ3) is 5.05. The minimum Gasteiger partial charge on any atom is -0.455 e. The van der Waals surface area contributed by atoms with Gasteiger partial charge in [-0.15, -0.1) is 0 Å². The molecule has 0 saturated carbocycles. The molecule has 1 aliphatic rings. The molecule has 1 aromatic carbocycles. The maximum absolute atomic E-state index is 12.3. The van der Waals surface area contributed by atoms with Gasteiger partial charge in [-0.1, -0.05) is 25.1 Å². The van der Waals surface area contributed by atoms with Crippen molar-refractivity contribution >= 4 is 23.5 Å². The lowest BCUT2D eigenvalue weighted by Gasteiger charge is -2.21. The molecule has 0 aliphatic carbocycles. The van der Waals surface area contributed by atoms with Gasteiger partial charge >= 0.3 is 5.97 Å². The van der Waals surface area contributed by atoms with Gasteiger partial charge in [0.25, 0.3) is 5.91 Å². The predicted molar refractivity (Wildman–Crippen MR) is 95.1 cm³/mol. The minimum absolute atomic E-state index is 0.0954. The number of benzene rings is 1. The van der Waals surface area contributed by atoms with Crippen molar-refractivity contribution in [3.8, 4) is 0 Å². The topological polar surface area (TPSA) is 75.7 Å². The lowest BCUT2D eigenvalue weighted by Crippen LogP contribution is -2.43. The van der Waals surface area contributed by atoms with Crippen LogP contribution in [0.2, 0.25) is 0 Å². The number of rotatable bonds is 5. The fourth-order valence-electron chi connectivity index (χ4n) is 2.88. The number of carbonyl (C=O) groups is 3. The van der Waals surface area contributed by atoms with Gasteiger partial charge in [-0.05, 0) is 38.8 Å². The number of ether oxygens (including phenoxy) is 1. The van der Waals surface area contributed by atoms with E-state index < -0.39 is 11.9 Å². The van der Waals surface area contributed by atoms with E-state index in [4.69, 9.17) is 4.74 Å². The summed E-state index contributed by atoms with van der Waals surface area (Å²) >= 11 is 0. The van der Waals surface area contributed by atoms with Gasteiger partial charge in [0.1, 0.15) is 0 Å².